The molecule has 2 rings (SSSR count). The highest BCUT2D eigenvalue weighted by atomic mass is 16.4. The van der Waals surface area contributed by atoms with E-state index in [0.717, 1.165) is 11.3 Å². The van der Waals surface area contributed by atoms with Crippen LogP contribution in [-0.4, -0.2) is 32.0 Å². The molecule has 0 fully saturated rings. The zero-order chi connectivity index (χ0) is 15.4. The van der Waals surface area contributed by atoms with E-state index >= 15 is 0 Å². The van der Waals surface area contributed by atoms with Crippen LogP contribution in [0.3, 0.4) is 0 Å². The van der Waals surface area contributed by atoms with Crippen molar-refractivity contribution in [2.45, 2.75) is 26.8 Å². The average molecular weight is 288 g/mol. The maximum absolute atomic E-state index is 12.0. The molecular weight excluding hydrogens is 272 g/mol. The lowest BCUT2D eigenvalue weighted by molar-refractivity contribution is -0.117. The lowest BCUT2D eigenvalue weighted by Crippen LogP contribution is -2.21. The summed E-state index contributed by atoms with van der Waals surface area (Å²) < 4.78 is 1.32. The van der Waals surface area contributed by atoms with Crippen LogP contribution in [0.2, 0.25) is 0 Å². The Kier molecular flexibility index (Phi) is 4.32. The summed E-state index contributed by atoms with van der Waals surface area (Å²) in [6.45, 7) is 3.61. The summed E-state index contributed by atoms with van der Waals surface area (Å²) in [5.74, 6) is -1.42. The van der Waals surface area contributed by atoms with Crippen molar-refractivity contribution in [1.82, 2.24) is 15.0 Å². The zero-order valence-corrected chi connectivity index (χ0v) is 11.8. The highest BCUT2D eigenvalue weighted by molar-refractivity contribution is 5.91. The van der Waals surface area contributed by atoms with Crippen molar-refractivity contribution < 1.29 is 14.7 Å². The van der Waals surface area contributed by atoms with Crippen molar-refractivity contribution in [2.24, 2.45) is 0 Å². The molecule has 1 heterocycles. The Morgan fingerprint density at radius 3 is 2.67 bits per heavy atom. The molecule has 0 bridgehead atoms. The average Bonchev–Trinajstić information content (AvgIpc) is 2.84. The number of carbonyl (C=O) groups is 2. The van der Waals surface area contributed by atoms with E-state index in [4.69, 9.17) is 5.11 Å². The monoisotopic (exact) mass is 288 g/mol. The zero-order valence-electron chi connectivity index (χ0n) is 11.8. The van der Waals surface area contributed by atoms with Gasteiger partial charge in [-0.3, -0.25) is 4.79 Å². The van der Waals surface area contributed by atoms with Crippen molar-refractivity contribution in [3.05, 3.63) is 41.2 Å². The number of carboxylic acids is 1. The van der Waals surface area contributed by atoms with Crippen LogP contribution in [0, 0.1) is 6.92 Å². The van der Waals surface area contributed by atoms with Crippen LogP contribution >= 0.6 is 0 Å². The van der Waals surface area contributed by atoms with Crippen molar-refractivity contribution in [3.8, 4) is 0 Å². The third kappa shape index (κ3) is 3.25. The second-order valence-electron chi connectivity index (χ2n) is 4.56. The summed E-state index contributed by atoms with van der Waals surface area (Å²) in [4.78, 5) is 23.0. The number of nitrogens with one attached hydrogen (secondary N) is 1. The number of aryl methyl sites for hydroxylation is 1. The number of hydrogen-bond donors (Lipinski definition) is 2. The molecule has 0 radical (unpaired) electrons. The molecule has 0 saturated heterocycles. The highest BCUT2D eigenvalue weighted by Gasteiger charge is 2.18. The Balaban J connectivity index is 2.13. The molecule has 2 N–H and O–H groups in total. The number of para-hydroxylation sites is 1. The van der Waals surface area contributed by atoms with E-state index in [1.54, 1.807) is 13.0 Å². The molecule has 1 aromatic carbocycles. The van der Waals surface area contributed by atoms with Gasteiger partial charge in [-0.1, -0.05) is 30.3 Å². The van der Waals surface area contributed by atoms with Gasteiger partial charge in [-0.2, -0.15) is 0 Å². The number of benzene rings is 1. The maximum Gasteiger partial charge on any atom is 0.358 e. The number of aromatic nitrogens is 3. The van der Waals surface area contributed by atoms with Crippen LogP contribution in [0.25, 0.3) is 0 Å². The number of amides is 1. The fraction of sp³-hybridized carbons (Fsp3) is 0.286. The molecule has 0 spiro atoms. The largest absolute Gasteiger partial charge is 0.476 e. The second-order valence-corrected chi connectivity index (χ2v) is 4.56. The van der Waals surface area contributed by atoms with Crippen LogP contribution in [-0.2, 0) is 17.8 Å². The molecule has 0 unspecified atom stereocenters. The molecular formula is C14H16N4O3. The predicted molar refractivity (Wildman–Crippen MR) is 76.2 cm³/mol. The Labute approximate surface area is 121 Å². The van der Waals surface area contributed by atoms with Crippen molar-refractivity contribution in [2.75, 3.05) is 5.32 Å². The first-order valence-electron chi connectivity index (χ1n) is 6.54. The Hall–Kier alpha value is -2.70. The smallest absolute Gasteiger partial charge is 0.358 e. The van der Waals surface area contributed by atoms with Gasteiger partial charge in [0.1, 0.15) is 6.54 Å². The molecule has 7 heteroatoms. The molecule has 1 aromatic heterocycles. The van der Waals surface area contributed by atoms with Gasteiger partial charge in [0.05, 0.1) is 5.69 Å². The van der Waals surface area contributed by atoms with Gasteiger partial charge in [-0.15, -0.1) is 5.10 Å². The van der Waals surface area contributed by atoms with E-state index in [2.05, 4.69) is 15.6 Å². The summed E-state index contributed by atoms with van der Waals surface area (Å²) in [6.07, 6.45) is 0.437. The molecule has 1 amide bonds. The van der Waals surface area contributed by atoms with Crippen LogP contribution in [0.4, 0.5) is 5.69 Å². The van der Waals surface area contributed by atoms with Crippen molar-refractivity contribution >= 4 is 17.6 Å². The molecule has 7 nitrogen and oxygen atoms in total. The molecule has 0 aliphatic heterocycles. The maximum atomic E-state index is 12.0. The first-order valence-corrected chi connectivity index (χ1v) is 6.54. The Morgan fingerprint density at radius 2 is 2.05 bits per heavy atom. The molecule has 21 heavy (non-hydrogen) atoms. The summed E-state index contributed by atoms with van der Waals surface area (Å²) in [6, 6.07) is 7.41. The number of anilines is 1. The minimum Gasteiger partial charge on any atom is -0.476 e. The topological polar surface area (TPSA) is 97.1 Å². The number of rotatable bonds is 5. The number of aromatic carboxylic acids is 1. The van der Waals surface area contributed by atoms with Gasteiger partial charge in [-0.05, 0) is 25.0 Å². The number of nitrogens with zero attached hydrogens (tertiary/aromatic N) is 3. The van der Waals surface area contributed by atoms with E-state index in [9.17, 15) is 9.59 Å². The Bertz CT molecular complexity index is 679. The summed E-state index contributed by atoms with van der Waals surface area (Å²) >= 11 is 0. The van der Waals surface area contributed by atoms with Gasteiger partial charge >= 0.3 is 5.97 Å². The van der Waals surface area contributed by atoms with E-state index in [1.165, 1.54) is 4.68 Å². The molecule has 0 aliphatic rings. The molecule has 2 aromatic rings. The third-order valence-corrected chi connectivity index (χ3v) is 3.09. The van der Waals surface area contributed by atoms with Gasteiger partial charge in [0.2, 0.25) is 5.91 Å². The van der Waals surface area contributed by atoms with E-state index < -0.39 is 5.97 Å². The van der Waals surface area contributed by atoms with Crippen LogP contribution < -0.4 is 5.32 Å². The molecule has 0 aliphatic carbocycles. The minimum absolute atomic E-state index is 0.0716. The van der Waals surface area contributed by atoms with Gasteiger partial charge in [-0.25, -0.2) is 9.48 Å². The predicted octanol–water partition coefficient (Wildman–Crippen LogP) is 1.49. The van der Waals surface area contributed by atoms with E-state index in [-0.39, 0.29) is 18.1 Å². The number of carboxylic acid groups (broad SMARTS) is 1. The lowest BCUT2D eigenvalue weighted by atomic mass is 10.2. The van der Waals surface area contributed by atoms with Gasteiger partial charge in [0.15, 0.2) is 5.69 Å². The first kappa shape index (κ1) is 14.7. The van der Waals surface area contributed by atoms with E-state index in [1.807, 2.05) is 25.1 Å². The van der Waals surface area contributed by atoms with Gasteiger partial charge < -0.3 is 10.4 Å². The summed E-state index contributed by atoms with van der Waals surface area (Å²) in [5, 5.41) is 19.1. The van der Waals surface area contributed by atoms with Crippen LogP contribution in [0.1, 0.15) is 28.7 Å². The van der Waals surface area contributed by atoms with Gasteiger partial charge in [0, 0.05) is 5.69 Å². The van der Waals surface area contributed by atoms with Crippen LogP contribution in [0.15, 0.2) is 24.3 Å². The summed E-state index contributed by atoms with van der Waals surface area (Å²) in [7, 11) is 0. The Morgan fingerprint density at radius 1 is 1.33 bits per heavy atom. The molecule has 0 saturated carbocycles. The highest BCUT2D eigenvalue weighted by Crippen LogP contribution is 2.13. The third-order valence-electron chi connectivity index (χ3n) is 3.09. The van der Waals surface area contributed by atoms with Crippen molar-refractivity contribution in [3.63, 3.8) is 0 Å². The van der Waals surface area contributed by atoms with Gasteiger partial charge in [0.25, 0.3) is 0 Å². The molecule has 110 valence electrons. The fourth-order valence-corrected chi connectivity index (χ4v) is 2.01. The fourth-order valence-electron chi connectivity index (χ4n) is 2.01. The quantitative estimate of drug-likeness (QED) is 0.868. The van der Waals surface area contributed by atoms with E-state index in [0.29, 0.717) is 12.1 Å². The lowest BCUT2D eigenvalue weighted by Gasteiger charge is -2.09. The number of carbonyl (C=O) groups excluding carboxylic acids is 1. The van der Waals surface area contributed by atoms with Crippen LogP contribution in [0.5, 0.6) is 0 Å². The SMILES string of the molecule is CCc1c(C(=O)O)nnn1CC(=O)Nc1ccccc1C. The normalized spacial score (nSPS) is 10.4. The first-order chi connectivity index (χ1) is 10.0. The van der Waals surface area contributed by atoms with Crippen molar-refractivity contribution in [1.29, 1.82) is 0 Å². The minimum atomic E-state index is -1.14. The molecule has 0 atom stereocenters. The number of hydrogen-bond acceptors (Lipinski definition) is 4. The second kappa shape index (κ2) is 6.17. The summed E-state index contributed by atoms with van der Waals surface area (Å²) in [5.41, 5.74) is 1.99. The standard InChI is InChI=1S/C14H16N4O3/c1-3-11-13(14(20)21)16-17-18(11)8-12(19)15-10-7-5-4-6-9(10)2/h4-7H,3,8H2,1-2H3,(H,15,19)(H,20,21).